The van der Waals surface area contributed by atoms with Gasteiger partial charge in [-0.15, -0.1) is 0 Å². The Morgan fingerprint density at radius 2 is 2.00 bits per heavy atom. The first-order valence-corrected chi connectivity index (χ1v) is 7.98. The average Bonchev–Trinajstić information content (AvgIpc) is 3.16. The smallest absolute Gasteiger partial charge is 0.128 e. The summed E-state index contributed by atoms with van der Waals surface area (Å²) in [7, 11) is 0. The molecule has 21 heavy (non-hydrogen) atoms. The molecule has 5 nitrogen and oxygen atoms in total. The highest BCUT2D eigenvalue weighted by atomic mass is 16.4. The number of nitrogens with zero attached hydrogens (tertiary/aromatic N) is 4. The summed E-state index contributed by atoms with van der Waals surface area (Å²) < 4.78 is 0. The number of pyridine rings is 1. The van der Waals surface area contributed by atoms with Crippen molar-refractivity contribution >= 4 is 11.5 Å². The topological polar surface area (TPSA) is 52.0 Å². The highest BCUT2D eigenvalue weighted by Gasteiger charge is 2.48. The highest BCUT2D eigenvalue weighted by molar-refractivity contribution is 5.94. The molecule has 3 atom stereocenters. The van der Waals surface area contributed by atoms with Crippen molar-refractivity contribution in [2.75, 3.05) is 31.1 Å². The highest BCUT2D eigenvalue weighted by Crippen LogP contribution is 2.45. The van der Waals surface area contributed by atoms with Gasteiger partial charge in [-0.1, -0.05) is 11.2 Å². The third-order valence-corrected chi connectivity index (χ3v) is 5.44. The van der Waals surface area contributed by atoms with E-state index in [9.17, 15) is 5.21 Å². The van der Waals surface area contributed by atoms with Crippen LogP contribution in [0.3, 0.4) is 0 Å². The standard InChI is InChI=1S/C16H22N4O/c21-18-15-12-4-5-13(11-12)16(15)20-9-7-19(8-10-20)14-3-1-2-6-17-14/h1-3,6,12-13,16,21H,4-5,7-11H2. The first-order valence-electron chi connectivity index (χ1n) is 7.98. The summed E-state index contributed by atoms with van der Waals surface area (Å²) in [5, 5.41) is 13.0. The largest absolute Gasteiger partial charge is 0.411 e. The van der Waals surface area contributed by atoms with Gasteiger partial charge in [0.2, 0.25) is 0 Å². The van der Waals surface area contributed by atoms with Gasteiger partial charge in [0, 0.05) is 38.3 Å². The molecular weight excluding hydrogens is 264 g/mol. The molecular formula is C16H22N4O. The van der Waals surface area contributed by atoms with E-state index in [1.54, 1.807) is 0 Å². The molecule has 1 saturated heterocycles. The van der Waals surface area contributed by atoms with Gasteiger partial charge in [0.1, 0.15) is 5.82 Å². The average molecular weight is 286 g/mol. The molecule has 1 aromatic rings. The molecule has 3 unspecified atom stereocenters. The van der Waals surface area contributed by atoms with Crippen LogP contribution in [-0.2, 0) is 0 Å². The maximum atomic E-state index is 9.36. The number of hydrogen-bond acceptors (Lipinski definition) is 5. The molecule has 2 saturated carbocycles. The van der Waals surface area contributed by atoms with E-state index in [-0.39, 0.29) is 0 Å². The van der Waals surface area contributed by atoms with E-state index in [1.807, 2.05) is 18.3 Å². The molecule has 0 aromatic carbocycles. The summed E-state index contributed by atoms with van der Waals surface area (Å²) in [5.41, 5.74) is 1.05. The maximum absolute atomic E-state index is 9.36. The number of rotatable bonds is 2. The van der Waals surface area contributed by atoms with E-state index in [0.717, 1.165) is 37.7 Å². The van der Waals surface area contributed by atoms with Crippen molar-refractivity contribution in [1.82, 2.24) is 9.88 Å². The molecule has 0 spiro atoms. The summed E-state index contributed by atoms with van der Waals surface area (Å²) in [6.07, 6.45) is 5.60. The number of piperazine rings is 1. The van der Waals surface area contributed by atoms with Crippen LogP contribution in [0.15, 0.2) is 29.6 Å². The van der Waals surface area contributed by atoms with Crippen LogP contribution in [0.1, 0.15) is 19.3 Å². The lowest BCUT2D eigenvalue weighted by Gasteiger charge is -2.41. The number of hydrogen-bond donors (Lipinski definition) is 1. The van der Waals surface area contributed by atoms with Crippen LogP contribution in [-0.4, -0.2) is 53.0 Å². The minimum absolute atomic E-state index is 0.389. The Hall–Kier alpha value is -1.62. The predicted molar refractivity (Wildman–Crippen MR) is 81.9 cm³/mol. The van der Waals surface area contributed by atoms with Crippen molar-refractivity contribution in [3.63, 3.8) is 0 Å². The third kappa shape index (κ3) is 2.20. The second-order valence-electron chi connectivity index (χ2n) is 6.45. The molecule has 0 amide bonds. The Morgan fingerprint density at radius 3 is 2.71 bits per heavy atom. The van der Waals surface area contributed by atoms with Crippen molar-refractivity contribution in [3.8, 4) is 0 Å². The normalized spacial score (nSPS) is 34.8. The second kappa shape index (κ2) is 5.30. The van der Waals surface area contributed by atoms with Crippen LogP contribution in [0.2, 0.25) is 0 Å². The Labute approximate surface area is 125 Å². The maximum Gasteiger partial charge on any atom is 0.128 e. The second-order valence-corrected chi connectivity index (χ2v) is 6.45. The van der Waals surface area contributed by atoms with E-state index in [4.69, 9.17) is 0 Å². The molecule has 4 rings (SSSR count). The fourth-order valence-electron chi connectivity index (χ4n) is 4.45. The number of anilines is 1. The fraction of sp³-hybridized carbons (Fsp3) is 0.625. The van der Waals surface area contributed by atoms with Crippen molar-refractivity contribution in [3.05, 3.63) is 24.4 Å². The zero-order chi connectivity index (χ0) is 14.2. The monoisotopic (exact) mass is 286 g/mol. The Balaban J connectivity index is 1.44. The summed E-state index contributed by atoms with van der Waals surface area (Å²) in [5.74, 6) is 2.32. The first-order chi connectivity index (χ1) is 10.4. The molecule has 2 heterocycles. The zero-order valence-electron chi connectivity index (χ0n) is 12.2. The molecule has 112 valence electrons. The van der Waals surface area contributed by atoms with Gasteiger partial charge >= 0.3 is 0 Å². The Kier molecular flexibility index (Phi) is 3.30. The van der Waals surface area contributed by atoms with Crippen LogP contribution in [0, 0.1) is 11.8 Å². The molecule has 2 bridgehead atoms. The quantitative estimate of drug-likeness (QED) is 0.666. The summed E-state index contributed by atoms with van der Waals surface area (Å²) >= 11 is 0. The Bertz CT molecular complexity index is 524. The predicted octanol–water partition coefficient (Wildman–Crippen LogP) is 1.83. The van der Waals surface area contributed by atoms with Gasteiger partial charge in [-0.3, -0.25) is 4.90 Å². The molecule has 2 aliphatic carbocycles. The lowest BCUT2D eigenvalue weighted by molar-refractivity contribution is 0.181. The van der Waals surface area contributed by atoms with E-state index in [2.05, 4.69) is 26.0 Å². The third-order valence-electron chi connectivity index (χ3n) is 5.44. The van der Waals surface area contributed by atoms with E-state index >= 15 is 0 Å². The van der Waals surface area contributed by atoms with E-state index in [1.165, 1.54) is 19.3 Å². The number of aromatic nitrogens is 1. The number of oxime groups is 1. The van der Waals surface area contributed by atoms with E-state index < -0.39 is 0 Å². The van der Waals surface area contributed by atoms with Crippen LogP contribution in [0.4, 0.5) is 5.82 Å². The van der Waals surface area contributed by atoms with E-state index in [0.29, 0.717) is 17.9 Å². The minimum Gasteiger partial charge on any atom is -0.411 e. The van der Waals surface area contributed by atoms with Gasteiger partial charge in [-0.2, -0.15) is 0 Å². The van der Waals surface area contributed by atoms with Crippen molar-refractivity contribution in [2.45, 2.75) is 25.3 Å². The Morgan fingerprint density at radius 1 is 1.14 bits per heavy atom. The molecule has 1 aliphatic heterocycles. The molecule has 0 radical (unpaired) electrons. The van der Waals surface area contributed by atoms with Gasteiger partial charge < -0.3 is 10.1 Å². The van der Waals surface area contributed by atoms with Gasteiger partial charge in [-0.25, -0.2) is 4.98 Å². The van der Waals surface area contributed by atoms with Gasteiger partial charge in [0.05, 0.1) is 11.8 Å². The molecule has 1 aromatic heterocycles. The number of fused-ring (bicyclic) bond motifs is 2. The lowest BCUT2D eigenvalue weighted by Crippen LogP contribution is -2.54. The molecule has 5 heteroatoms. The first kappa shape index (κ1) is 13.1. The van der Waals surface area contributed by atoms with Gasteiger partial charge in [-0.05, 0) is 37.3 Å². The summed E-state index contributed by atoms with van der Waals surface area (Å²) in [6, 6.07) is 6.47. The molecule has 3 aliphatic rings. The van der Waals surface area contributed by atoms with Crippen LogP contribution < -0.4 is 4.90 Å². The molecule has 1 N–H and O–H groups in total. The van der Waals surface area contributed by atoms with Crippen molar-refractivity contribution in [2.24, 2.45) is 17.0 Å². The van der Waals surface area contributed by atoms with Gasteiger partial charge in [0.15, 0.2) is 0 Å². The van der Waals surface area contributed by atoms with Crippen molar-refractivity contribution < 1.29 is 5.21 Å². The van der Waals surface area contributed by atoms with Crippen molar-refractivity contribution in [1.29, 1.82) is 0 Å². The van der Waals surface area contributed by atoms with Gasteiger partial charge in [0.25, 0.3) is 0 Å². The zero-order valence-corrected chi connectivity index (χ0v) is 12.2. The summed E-state index contributed by atoms with van der Waals surface area (Å²) in [4.78, 5) is 9.31. The molecule has 3 fully saturated rings. The van der Waals surface area contributed by atoms with Crippen LogP contribution in [0.5, 0.6) is 0 Å². The lowest BCUT2D eigenvalue weighted by atomic mass is 9.91. The minimum atomic E-state index is 0.389. The van der Waals surface area contributed by atoms with Crippen LogP contribution in [0.25, 0.3) is 0 Å². The summed E-state index contributed by atoms with van der Waals surface area (Å²) in [6.45, 7) is 4.07. The fourth-order valence-corrected chi connectivity index (χ4v) is 4.45. The van der Waals surface area contributed by atoms with Crippen LogP contribution >= 0.6 is 0 Å². The SMILES string of the molecule is ON=C1C2CCC(C2)C1N1CCN(c2ccccn2)CC1.